The average molecular weight is 335 g/mol. The number of hydrogen-bond acceptors (Lipinski definition) is 1. The maximum atomic E-state index is 12.6. The number of likely N-dealkylation sites (tertiary alicyclic amines) is 1. The Balaban J connectivity index is 2.18. The summed E-state index contributed by atoms with van der Waals surface area (Å²) < 4.78 is 37.9. The van der Waals surface area contributed by atoms with E-state index in [1.165, 1.54) is 38.5 Å². The van der Waals surface area contributed by atoms with Gasteiger partial charge in [-0.2, -0.15) is 13.2 Å². The zero-order chi connectivity index (χ0) is 17.1. The van der Waals surface area contributed by atoms with Crippen molar-refractivity contribution in [2.75, 3.05) is 6.54 Å². The van der Waals surface area contributed by atoms with Crippen LogP contribution in [0.3, 0.4) is 0 Å². The quantitative estimate of drug-likeness (QED) is 0.459. The van der Waals surface area contributed by atoms with Crippen molar-refractivity contribution in [2.45, 2.75) is 103 Å². The highest BCUT2D eigenvalue weighted by Gasteiger charge is 2.44. The molecule has 0 spiro atoms. The number of carbonyl (C=O) groups excluding carboxylic acids is 1. The summed E-state index contributed by atoms with van der Waals surface area (Å²) in [4.78, 5) is 12.6. The summed E-state index contributed by atoms with van der Waals surface area (Å²) in [6.07, 6.45) is 9.16. The molecule has 1 aliphatic rings. The van der Waals surface area contributed by atoms with Crippen molar-refractivity contribution in [1.82, 2.24) is 4.90 Å². The van der Waals surface area contributed by atoms with Crippen LogP contribution in [0, 0.1) is 0 Å². The molecule has 0 radical (unpaired) electrons. The van der Waals surface area contributed by atoms with Crippen molar-refractivity contribution in [2.24, 2.45) is 0 Å². The molecule has 0 aromatic heterocycles. The third kappa shape index (κ3) is 8.07. The second-order valence-corrected chi connectivity index (χ2v) is 6.76. The number of unbranched alkanes of at least 4 members (excludes halogenated alkanes) is 8. The lowest BCUT2D eigenvalue weighted by molar-refractivity contribution is -0.189. The van der Waals surface area contributed by atoms with Gasteiger partial charge in [-0.1, -0.05) is 64.7 Å². The molecule has 1 heterocycles. The molecule has 0 aliphatic carbocycles. The molecule has 0 saturated carbocycles. The standard InChI is InChI=1S/C18H32F3NO/c1-2-3-4-5-6-7-8-9-10-13-16-14-11-12-15-22(16)17(23)18(19,20)21/h16H,2-15H2,1H3/t16-/m1/s1. The van der Waals surface area contributed by atoms with E-state index >= 15 is 0 Å². The van der Waals surface area contributed by atoms with Crippen molar-refractivity contribution in [3.05, 3.63) is 0 Å². The number of halogens is 3. The number of hydrogen-bond donors (Lipinski definition) is 0. The molecule has 0 N–H and O–H groups in total. The molecule has 1 aliphatic heterocycles. The van der Waals surface area contributed by atoms with E-state index in [1.54, 1.807) is 0 Å². The summed E-state index contributed by atoms with van der Waals surface area (Å²) in [5.41, 5.74) is 0. The van der Waals surface area contributed by atoms with Crippen molar-refractivity contribution in [3.63, 3.8) is 0 Å². The van der Waals surface area contributed by atoms with Crippen LogP contribution in [0.4, 0.5) is 13.2 Å². The Hall–Kier alpha value is -0.740. The predicted molar refractivity (Wildman–Crippen MR) is 87.3 cm³/mol. The Morgan fingerprint density at radius 2 is 1.52 bits per heavy atom. The Morgan fingerprint density at radius 3 is 2.09 bits per heavy atom. The smallest absolute Gasteiger partial charge is 0.332 e. The van der Waals surface area contributed by atoms with Gasteiger partial charge in [0, 0.05) is 12.6 Å². The van der Waals surface area contributed by atoms with Crippen LogP contribution in [0.15, 0.2) is 0 Å². The molecule has 0 unspecified atom stereocenters. The lowest BCUT2D eigenvalue weighted by atomic mass is 9.96. The number of carbonyl (C=O) groups is 1. The van der Waals surface area contributed by atoms with E-state index in [2.05, 4.69) is 6.92 Å². The van der Waals surface area contributed by atoms with Crippen LogP contribution >= 0.6 is 0 Å². The zero-order valence-electron chi connectivity index (χ0n) is 14.5. The van der Waals surface area contributed by atoms with E-state index in [9.17, 15) is 18.0 Å². The van der Waals surface area contributed by atoms with Gasteiger partial charge in [0.25, 0.3) is 0 Å². The van der Waals surface area contributed by atoms with Crippen LogP contribution in [0.2, 0.25) is 0 Å². The lowest BCUT2D eigenvalue weighted by Crippen LogP contribution is -2.49. The van der Waals surface area contributed by atoms with Crippen molar-refractivity contribution >= 4 is 5.91 Å². The van der Waals surface area contributed by atoms with Gasteiger partial charge in [-0.25, -0.2) is 0 Å². The van der Waals surface area contributed by atoms with Crippen molar-refractivity contribution < 1.29 is 18.0 Å². The fraction of sp³-hybridized carbons (Fsp3) is 0.944. The Labute approximate surface area is 138 Å². The summed E-state index contributed by atoms with van der Waals surface area (Å²) in [6.45, 7) is 2.47. The molecule has 1 saturated heterocycles. The minimum atomic E-state index is -4.73. The molecular formula is C18H32F3NO. The molecule has 2 nitrogen and oxygen atoms in total. The molecule has 0 aromatic rings. The lowest BCUT2D eigenvalue weighted by Gasteiger charge is -2.36. The topological polar surface area (TPSA) is 20.3 Å². The molecule has 1 rings (SSSR count). The highest BCUT2D eigenvalue weighted by atomic mass is 19.4. The van der Waals surface area contributed by atoms with E-state index in [0.29, 0.717) is 6.42 Å². The van der Waals surface area contributed by atoms with Gasteiger partial charge < -0.3 is 4.90 Å². The van der Waals surface area contributed by atoms with Crippen molar-refractivity contribution in [1.29, 1.82) is 0 Å². The molecule has 5 heteroatoms. The second kappa shape index (κ2) is 10.9. The Kier molecular flexibility index (Phi) is 9.65. The van der Waals surface area contributed by atoms with E-state index in [1.807, 2.05) is 0 Å². The Morgan fingerprint density at radius 1 is 0.957 bits per heavy atom. The first-order valence-electron chi connectivity index (χ1n) is 9.34. The summed E-state index contributed by atoms with van der Waals surface area (Å²) in [7, 11) is 0. The van der Waals surface area contributed by atoms with Gasteiger partial charge in [-0.15, -0.1) is 0 Å². The van der Waals surface area contributed by atoms with E-state index < -0.39 is 12.1 Å². The van der Waals surface area contributed by atoms with Gasteiger partial charge in [-0.05, 0) is 25.7 Å². The van der Waals surface area contributed by atoms with Crippen LogP contribution < -0.4 is 0 Å². The molecule has 0 bridgehead atoms. The van der Waals surface area contributed by atoms with Gasteiger partial charge in [-0.3, -0.25) is 4.79 Å². The molecule has 1 fully saturated rings. The molecule has 136 valence electrons. The van der Waals surface area contributed by atoms with E-state index in [0.717, 1.165) is 43.4 Å². The number of alkyl halides is 3. The highest BCUT2D eigenvalue weighted by Crippen LogP contribution is 2.27. The SMILES string of the molecule is CCCCCCCCCCC[C@@H]1CCCCN1C(=O)C(F)(F)F. The molecular weight excluding hydrogens is 303 g/mol. The first-order valence-corrected chi connectivity index (χ1v) is 9.34. The third-order valence-electron chi connectivity index (χ3n) is 4.77. The Bertz CT molecular complexity index is 331. The fourth-order valence-corrected chi connectivity index (χ4v) is 3.42. The first-order chi connectivity index (χ1) is 11.0. The van der Waals surface area contributed by atoms with Gasteiger partial charge in [0.05, 0.1) is 0 Å². The minimum absolute atomic E-state index is 0.206. The summed E-state index contributed by atoms with van der Waals surface area (Å²) in [5.74, 6) is -1.64. The molecule has 0 aromatic carbocycles. The normalized spacial score (nSPS) is 19.1. The zero-order valence-corrected chi connectivity index (χ0v) is 14.5. The first kappa shape index (κ1) is 20.3. The van der Waals surface area contributed by atoms with E-state index in [4.69, 9.17) is 0 Å². The van der Waals surface area contributed by atoms with E-state index in [-0.39, 0.29) is 12.6 Å². The largest absolute Gasteiger partial charge is 0.471 e. The molecule has 23 heavy (non-hydrogen) atoms. The van der Waals surface area contributed by atoms with Gasteiger partial charge in [0.1, 0.15) is 0 Å². The summed E-state index contributed by atoms with van der Waals surface area (Å²) >= 11 is 0. The minimum Gasteiger partial charge on any atom is -0.332 e. The van der Waals surface area contributed by atoms with Crippen LogP contribution in [0.5, 0.6) is 0 Å². The third-order valence-corrected chi connectivity index (χ3v) is 4.77. The van der Waals surface area contributed by atoms with Crippen LogP contribution in [-0.2, 0) is 4.79 Å². The fourth-order valence-electron chi connectivity index (χ4n) is 3.42. The molecule has 1 amide bonds. The van der Waals surface area contributed by atoms with Crippen LogP contribution in [-0.4, -0.2) is 29.6 Å². The molecule has 1 atom stereocenters. The number of nitrogens with zero attached hydrogens (tertiary/aromatic N) is 1. The number of piperidine rings is 1. The van der Waals surface area contributed by atoms with Crippen LogP contribution in [0.1, 0.15) is 90.4 Å². The maximum absolute atomic E-state index is 12.6. The second-order valence-electron chi connectivity index (χ2n) is 6.76. The maximum Gasteiger partial charge on any atom is 0.471 e. The summed E-state index contributed by atoms with van der Waals surface area (Å²) in [6, 6.07) is -0.206. The predicted octanol–water partition coefficient (Wildman–Crippen LogP) is 5.85. The van der Waals surface area contributed by atoms with Gasteiger partial charge >= 0.3 is 12.1 Å². The number of amides is 1. The van der Waals surface area contributed by atoms with Gasteiger partial charge in [0.15, 0.2) is 0 Å². The monoisotopic (exact) mass is 335 g/mol. The highest BCUT2D eigenvalue weighted by molar-refractivity contribution is 5.82. The number of rotatable bonds is 10. The van der Waals surface area contributed by atoms with Crippen LogP contribution in [0.25, 0.3) is 0 Å². The summed E-state index contributed by atoms with van der Waals surface area (Å²) in [5, 5.41) is 0. The van der Waals surface area contributed by atoms with Crippen molar-refractivity contribution in [3.8, 4) is 0 Å². The van der Waals surface area contributed by atoms with Gasteiger partial charge in [0.2, 0.25) is 0 Å². The average Bonchev–Trinajstić information content (AvgIpc) is 2.52.